The lowest BCUT2D eigenvalue weighted by atomic mass is 9.88. The van der Waals surface area contributed by atoms with Gasteiger partial charge >= 0.3 is 0 Å². The van der Waals surface area contributed by atoms with E-state index in [0.29, 0.717) is 0 Å². The molecule has 1 aliphatic heterocycles. The van der Waals surface area contributed by atoms with Crippen molar-refractivity contribution < 1.29 is 14.2 Å². The lowest BCUT2D eigenvalue weighted by molar-refractivity contribution is 0.241. The maximum Gasteiger partial charge on any atom is 0.139 e. The van der Waals surface area contributed by atoms with Gasteiger partial charge in [-0.15, -0.1) is 0 Å². The molecule has 1 fully saturated rings. The average Bonchev–Trinajstić information content (AvgIpc) is 2.98. The molecule has 2 nitrogen and oxygen atoms in total. The first-order chi connectivity index (χ1) is 7.20. The van der Waals surface area contributed by atoms with Gasteiger partial charge in [-0.1, -0.05) is 17.1 Å². The van der Waals surface area contributed by atoms with Gasteiger partial charge in [0.05, 0.1) is 12.7 Å². The van der Waals surface area contributed by atoms with Crippen LogP contribution in [0.25, 0.3) is 0 Å². The summed E-state index contributed by atoms with van der Waals surface area (Å²) in [5.74, 6) is -0.189. The molecule has 80 valence electrons. The Morgan fingerprint density at radius 2 is 2.20 bits per heavy atom. The van der Waals surface area contributed by atoms with Crippen LogP contribution < -0.4 is 5.46 Å². The van der Waals surface area contributed by atoms with Crippen molar-refractivity contribution in [2.24, 2.45) is 0 Å². The average molecular weight is 208 g/mol. The zero-order valence-electron chi connectivity index (χ0n) is 8.74. The number of aliphatic hydroxyl groups excluding tert-OH is 1. The second-order valence-corrected chi connectivity index (χ2v) is 4.01. The van der Waals surface area contributed by atoms with E-state index in [1.54, 1.807) is 12.1 Å². The number of aliphatic hydroxyl groups is 1. The minimum atomic E-state index is -0.189. The Balaban J connectivity index is 1.91. The Labute approximate surface area is 89.5 Å². The normalized spacial score (nSPS) is 24.1. The van der Waals surface area contributed by atoms with Crippen LogP contribution in [-0.2, 0) is 11.2 Å². The molecule has 2 rings (SSSR count). The number of ether oxygens (including phenoxy) is 1. The second kappa shape index (κ2) is 4.33. The fourth-order valence-electron chi connectivity index (χ4n) is 1.80. The van der Waals surface area contributed by atoms with E-state index in [1.807, 2.05) is 7.85 Å². The maximum absolute atomic E-state index is 13.0. The SMILES string of the molecule is Bc1ccc(F)cc1CCC1OC1CO. The van der Waals surface area contributed by atoms with Crippen LogP contribution in [0.4, 0.5) is 4.39 Å². The second-order valence-electron chi connectivity index (χ2n) is 4.01. The molecular weight excluding hydrogens is 194 g/mol. The quantitative estimate of drug-likeness (QED) is 0.547. The van der Waals surface area contributed by atoms with Gasteiger partial charge in [0.15, 0.2) is 0 Å². The van der Waals surface area contributed by atoms with Crippen LogP contribution in [0.1, 0.15) is 12.0 Å². The summed E-state index contributed by atoms with van der Waals surface area (Å²) in [5.41, 5.74) is 2.14. The molecule has 1 aliphatic rings. The summed E-state index contributed by atoms with van der Waals surface area (Å²) >= 11 is 0. The Kier molecular flexibility index (Phi) is 3.07. The Hall–Kier alpha value is -0.865. The number of hydrogen-bond acceptors (Lipinski definition) is 2. The molecule has 1 aromatic carbocycles. The van der Waals surface area contributed by atoms with Crippen LogP contribution in [0.15, 0.2) is 18.2 Å². The molecule has 0 amide bonds. The van der Waals surface area contributed by atoms with Crippen molar-refractivity contribution in [3.05, 3.63) is 29.6 Å². The van der Waals surface area contributed by atoms with E-state index in [-0.39, 0.29) is 24.6 Å². The minimum absolute atomic E-state index is 0.0128. The highest BCUT2D eigenvalue weighted by atomic mass is 19.1. The van der Waals surface area contributed by atoms with Gasteiger partial charge < -0.3 is 9.84 Å². The van der Waals surface area contributed by atoms with Gasteiger partial charge in [0.1, 0.15) is 19.8 Å². The predicted molar refractivity (Wildman–Crippen MR) is 58.6 cm³/mol. The standard InChI is InChI=1S/C11H14BFO2/c12-9-3-2-8(13)5-7(9)1-4-10-11(6-14)15-10/h2-3,5,10-11,14H,1,4,6,12H2. The molecule has 0 saturated carbocycles. The summed E-state index contributed by atoms with van der Waals surface area (Å²) in [7, 11) is 1.98. The number of halogens is 1. The van der Waals surface area contributed by atoms with E-state index in [2.05, 4.69) is 0 Å². The van der Waals surface area contributed by atoms with Crippen molar-refractivity contribution >= 4 is 13.3 Å². The van der Waals surface area contributed by atoms with Crippen LogP contribution in [0.2, 0.25) is 0 Å². The van der Waals surface area contributed by atoms with Crippen LogP contribution in [-0.4, -0.2) is 31.8 Å². The van der Waals surface area contributed by atoms with E-state index in [4.69, 9.17) is 9.84 Å². The van der Waals surface area contributed by atoms with Crippen LogP contribution >= 0.6 is 0 Å². The van der Waals surface area contributed by atoms with Gasteiger partial charge in [0.2, 0.25) is 0 Å². The Morgan fingerprint density at radius 1 is 1.40 bits per heavy atom. The Morgan fingerprint density at radius 3 is 2.87 bits per heavy atom. The highest BCUT2D eigenvalue weighted by Crippen LogP contribution is 2.25. The van der Waals surface area contributed by atoms with Gasteiger partial charge in [0, 0.05) is 0 Å². The monoisotopic (exact) mass is 208 g/mol. The van der Waals surface area contributed by atoms with Crippen LogP contribution in [0.3, 0.4) is 0 Å². The molecule has 0 spiro atoms. The Bertz CT molecular complexity index is 356. The van der Waals surface area contributed by atoms with E-state index >= 15 is 0 Å². The van der Waals surface area contributed by atoms with Gasteiger partial charge in [-0.2, -0.15) is 0 Å². The highest BCUT2D eigenvalue weighted by molar-refractivity contribution is 6.33. The predicted octanol–water partition coefficient (Wildman–Crippen LogP) is -0.224. The number of aryl methyl sites for hydroxylation is 1. The third-order valence-electron chi connectivity index (χ3n) is 2.88. The molecule has 1 heterocycles. The molecule has 0 aromatic heterocycles. The number of epoxide rings is 1. The molecule has 0 radical (unpaired) electrons. The first-order valence-corrected chi connectivity index (χ1v) is 5.22. The fraction of sp³-hybridized carbons (Fsp3) is 0.455. The summed E-state index contributed by atoms with van der Waals surface area (Å²) in [6, 6.07) is 4.84. The fourth-order valence-corrected chi connectivity index (χ4v) is 1.80. The van der Waals surface area contributed by atoms with Gasteiger partial charge in [0.25, 0.3) is 0 Å². The molecule has 1 saturated heterocycles. The largest absolute Gasteiger partial charge is 0.394 e. The molecule has 1 aromatic rings. The van der Waals surface area contributed by atoms with E-state index in [1.165, 1.54) is 6.07 Å². The smallest absolute Gasteiger partial charge is 0.139 e. The number of hydrogen-bond donors (Lipinski definition) is 1. The van der Waals surface area contributed by atoms with Crippen LogP contribution in [0.5, 0.6) is 0 Å². The maximum atomic E-state index is 13.0. The van der Waals surface area contributed by atoms with E-state index in [0.717, 1.165) is 23.9 Å². The summed E-state index contributed by atoms with van der Waals surface area (Å²) < 4.78 is 18.2. The summed E-state index contributed by atoms with van der Waals surface area (Å²) in [5, 5.41) is 8.79. The molecule has 15 heavy (non-hydrogen) atoms. The van der Waals surface area contributed by atoms with Crippen molar-refractivity contribution in [2.45, 2.75) is 25.0 Å². The zero-order chi connectivity index (χ0) is 10.8. The molecule has 2 unspecified atom stereocenters. The van der Waals surface area contributed by atoms with Crippen LogP contribution in [0, 0.1) is 5.82 Å². The molecule has 0 aliphatic carbocycles. The first kappa shape index (κ1) is 10.6. The summed E-state index contributed by atoms with van der Waals surface area (Å²) in [6.07, 6.45) is 1.84. The van der Waals surface area contributed by atoms with Crippen molar-refractivity contribution in [3.8, 4) is 0 Å². The number of benzene rings is 1. The molecule has 2 atom stereocenters. The first-order valence-electron chi connectivity index (χ1n) is 5.22. The molecular formula is C11H14BFO2. The highest BCUT2D eigenvalue weighted by Gasteiger charge is 2.37. The minimum Gasteiger partial charge on any atom is -0.394 e. The molecule has 0 bridgehead atoms. The van der Waals surface area contributed by atoms with E-state index in [9.17, 15) is 4.39 Å². The van der Waals surface area contributed by atoms with E-state index < -0.39 is 0 Å². The summed E-state index contributed by atoms with van der Waals surface area (Å²) in [6.45, 7) is 0.0901. The topological polar surface area (TPSA) is 32.8 Å². The lowest BCUT2D eigenvalue weighted by Crippen LogP contribution is -2.12. The zero-order valence-corrected chi connectivity index (χ0v) is 8.74. The third kappa shape index (κ3) is 2.58. The van der Waals surface area contributed by atoms with Crippen molar-refractivity contribution in [1.29, 1.82) is 0 Å². The van der Waals surface area contributed by atoms with Crippen molar-refractivity contribution in [3.63, 3.8) is 0 Å². The lowest BCUT2D eigenvalue weighted by Gasteiger charge is -2.04. The summed E-state index contributed by atoms with van der Waals surface area (Å²) in [4.78, 5) is 0. The molecule has 1 N–H and O–H groups in total. The van der Waals surface area contributed by atoms with Crippen molar-refractivity contribution in [1.82, 2.24) is 0 Å². The van der Waals surface area contributed by atoms with Crippen molar-refractivity contribution in [2.75, 3.05) is 6.61 Å². The molecule has 4 heteroatoms. The van der Waals surface area contributed by atoms with Gasteiger partial charge in [-0.05, 0) is 25.0 Å². The van der Waals surface area contributed by atoms with Gasteiger partial charge in [-0.25, -0.2) is 4.39 Å². The van der Waals surface area contributed by atoms with Gasteiger partial charge in [-0.3, -0.25) is 0 Å². The number of rotatable bonds is 4. The third-order valence-corrected chi connectivity index (χ3v) is 2.88.